The Morgan fingerprint density at radius 1 is 1.67 bits per heavy atom. The van der Waals surface area contributed by atoms with E-state index in [0.29, 0.717) is 0 Å². The van der Waals surface area contributed by atoms with Crippen LogP contribution in [-0.2, 0) is 0 Å². The molecule has 0 unspecified atom stereocenters. The number of hydrogen-bond donors (Lipinski definition) is 0. The minimum atomic E-state index is 1.26. The zero-order valence-electron chi connectivity index (χ0n) is 3.05. The van der Waals surface area contributed by atoms with Gasteiger partial charge in [-0.3, -0.25) is 0 Å². The molecule has 0 aliphatic heterocycles. The van der Waals surface area contributed by atoms with Gasteiger partial charge in [-0.1, -0.05) is 0 Å². The van der Waals surface area contributed by atoms with E-state index in [1.807, 2.05) is 17.5 Å². The van der Waals surface area contributed by atoms with Crippen LogP contribution in [0.2, 0.25) is 0 Å². The van der Waals surface area contributed by atoms with Gasteiger partial charge in [0.25, 0.3) is 0 Å². The number of thiophene rings is 1. The molecule has 1 aromatic heterocycles. The fourth-order valence-electron chi connectivity index (χ4n) is 0.263. The molecule has 6 heavy (non-hydrogen) atoms. The molecule has 0 atom stereocenters. The van der Waals surface area contributed by atoms with Crippen LogP contribution in [-0.4, -0.2) is 16.0 Å². The standard InChI is InChI=1S/C4H3SSe/c6-4-2-1-3-5-4/h1-3H. The van der Waals surface area contributed by atoms with Crippen LogP contribution in [0.4, 0.5) is 0 Å². The van der Waals surface area contributed by atoms with Gasteiger partial charge < -0.3 is 0 Å². The molecule has 0 N–H and O–H groups in total. The van der Waals surface area contributed by atoms with Crippen LogP contribution in [0.15, 0.2) is 17.5 Å². The van der Waals surface area contributed by atoms with Crippen molar-refractivity contribution in [1.29, 1.82) is 0 Å². The molecule has 0 spiro atoms. The third-order valence-electron chi connectivity index (χ3n) is 0.495. The Balaban J connectivity index is 3.05. The van der Waals surface area contributed by atoms with Crippen molar-refractivity contribution in [3.05, 3.63) is 17.5 Å². The fraction of sp³-hybridized carbons (Fsp3) is 0. The number of rotatable bonds is 0. The normalized spacial score (nSPS) is 8.67. The summed E-state index contributed by atoms with van der Waals surface area (Å²) in [4.78, 5) is 0. The van der Waals surface area contributed by atoms with E-state index in [0.717, 1.165) is 0 Å². The predicted octanol–water partition coefficient (Wildman–Crippen LogP) is 0.542. The monoisotopic (exact) mass is 163 g/mol. The van der Waals surface area contributed by atoms with E-state index in [1.54, 1.807) is 11.3 Å². The van der Waals surface area contributed by atoms with Gasteiger partial charge in [-0.25, -0.2) is 0 Å². The van der Waals surface area contributed by atoms with Gasteiger partial charge >= 0.3 is 48.6 Å². The second-order valence-corrected chi connectivity index (χ2v) is 3.39. The Hall–Kier alpha value is 0.219. The van der Waals surface area contributed by atoms with Gasteiger partial charge in [0.15, 0.2) is 0 Å². The van der Waals surface area contributed by atoms with Crippen LogP contribution < -0.4 is 3.78 Å². The Morgan fingerprint density at radius 2 is 2.50 bits per heavy atom. The van der Waals surface area contributed by atoms with Crippen LogP contribution in [0.1, 0.15) is 0 Å². The van der Waals surface area contributed by atoms with Crippen LogP contribution in [0.3, 0.4) is 0 Å². The molecule has 0 fully saturated rings. The second-order valence-electron chi connectivity index (χ2n) is 0.932. The molecule has 0 nitrogen and oxygen atoms in total. The molecular formula is C4H3SSe. The summed E-state index contributed by atoms with van der Waals surface area (Å²) in [5, 5.41) is 2.05. The summed E-state index contributed by atoms with van der Waals surface area (Å²) in [5.41, 5.74) is 0. The first-order valence-electron chi connectivity index (χ1n) is 1.60. The molecule has 1 radical (unpaired) electrons. The molecule has 0 bridgehead atoms. The molecule has 1 rings (SSSR count). The molecule has 0 aliphatic carbocycles. The van der Waals surface area contributed by atoms with Crippen molar-refractivity contribution in [1.82, 2.24) is 0 Å². The van der Waals surface area contributed by atoms with Crippen molar-refractivity contribution in [2.75, 3.05) is 0 Å². The molecular weight excluding hydrogens is 159 g/mol. The molecule has 0 aliphatic rings. The third kappa shape index (κ3) is 0.839. The van der Waals surface area contributed by atoms with Crippen LogP contribution in [0.25, 0.3) is 0 Å². The molecule has 0 amide bonds. The Kier molecular flexibility index (Phi) is 1.30. The van der Waals surface area contributed by atoms with Crippen LogP contribution in [0, 0.1) is 0 Å². The first kappa shape index (κ1) is 4.38. The van der Waals surface area contributed by atoms with Crippen LogP contribution in [0.5, 0.6) is 0 Å². The quantitative estimate of drug-likeness (QED) is 0.488. The van der Waals surface area contributed by atoms with Crippen molar-refractivity contribution >= 4 is 31.1 Å². The predicted molar refractivity (Wildman–Crippen MR) is 29.7 cm³/mol. The molecule has 0 saturated heterocycles. The van der Waals surface area contributed by atoms with Crippen molar-refractivity contribution in [2.24, 2.45) is 0 Å². The van der Waals surface area contributed by atoms with Gasteiger partial charge in [0, 0.05) is 0 Å². The van der Waals surface area contributed by atoms with Gasteiger partial charge in [0.1, 0.15) is 0 Å². The van der Waals surface area contributed by atoms with E-state index in [-0.39, 0.29) is 0 Å². The summed E-state index contributed by atoms with van der Waals surface area (Å²) in [5.74, 6) is 0. The summed E-state index contributed by atoms with van der Waals surface area (Å²) in [6.07, 6.45) is 0. The first-order valence-corrected chi connectivity index (χ1v) is 3.34. The first-order chi connectivity index (χ1) is 2.89. The fourth-order valence-corrected chi connectivity index (χ4v) is 1.23. The third-order valence-corrected chi connectivity index (χ3v) is 2.05. The molecule has 0 aromatic carbocycles. The summed E-state index contributed by atoms with van der Waals surface area (Å²) in [6.45, 7) is 0. The van der Waals surface area contributed by atoms with E-state index >= 15 is 0 Å². The maximum absolute atomic E-state index is 2.90. The van der Waals surface area contributed by atoms with E-state index in [9.17, 15) is 0 Å². The number of hydrogen-bond acceptors (Lipinski definition) is 1. The zero-order valence-corrected chi connectivity index (χ0v) is 5.58. The SMILES string of the molecule is [Se]c1cccs1. The van der Waals surface area contributed by atoms with Gasteiger partial charge in [-0.05, 0) is 0 Å². The maximum atomic E-state index is 2.90. The van der Waals surface area contributed by atoms with E-state index in [2.05, 4.69) is 16.0 Å². The summed E-state index contributed by atoms with van der Waals surface area (Å²) in [7, 11) is 0. The average molecular weight is 162 g/mol. The van der Waals surface area contributed by atoms with Gasteiger partial charge in [-0.15, -0.1) is 0 Å². The molecule has 0 saturated carbocycles. The van der Waals surface area contributed by atoms with E-state index < -0.39 is 0 Å². The van der Waals surface area contributed by atoms with Gasteiger partial charge in [0.05, 0.1) is 0 Å². The minimum absolute atomic E-state index is 1.26. The van der Waals surface area contributed by atoms with Gasteiger partial charge in [-0.2, -0.15) is 0 Å². The zero-order chi connectivity index (χ0) is 4.41. The van der Waals surface area contributed by atoms with Crippen molar-refractivity contribution in [3.63, 3.8) is 0 Å². The second kappa shape index (κ2) is 1.78. The van der Waals surface area contributed by atoms with Gasteiger partial charge in [0.2, 0.25) is 0 Å². The summed E-state index contributed by atoms with van der Waals surface area (Å²) < 4.78 is 1.26. The topological polar surface area (TPSA) is 0 Å². The molecule has 31 valence electrons. The Labute approximate surface area is 49.0 Å². The average Bonchev–Trinajstić information content (AvgIpc) is 1.86. The summed E-state index contributed by atoms with van der Waals surface area (Å²) in [6, 6.07) is 4.07. The van der Waals surface area contributed by atoms with E-state index in [1.165, 1.54) is 3.78 Å². The molecule has 1 heterocycles. The Morgan fingerprint density at radius 3 is 2.67 bits per heavy atom. The van der Waals surface area contributed by atoms with Crippen molar-refractivity contribution < 1.29 is 0 Å². The molecule has 2 heteroatoms. The van der Waals surface area contributed by atoms with Crippen molar-refractivity contribution in [2.45, 2.75) is 0 Å². The van der Waals surface area contributed by atoms with Crippen LogP contribution >= 0.6 is 11.3 Å². The summed E-state index contributed by atoms with van der Waals surface area (Å²) >= 11 is 4.62. The Bertz CT molecular complexity index is 111. The van der Waals surface area contributed by atoms with E-state index in [4.69, 9.17) is 0 Å². The molecule has 1 aromatic rings. The van der Waals surface area contributed by atoms with Crippen molar-refractivity contribution in [3.8, 4) is 0 Å².